The van der Waals surface area contributed by atoms with Gasteiger partial charge in [-0.05, 0) is 18.6 Å². The van der Waals surface area contributed by atoms with Gasteiger partial charge in [0.05, 0.1) is 6.33 Å². The highest BCUT2D eigenvalue weighted by Gasteiger charge is 2.36. The number of fused-ring (bicyclic) bond motifs is 1. The maximum Gasteiger partial charge on any atom is 0.451 e. The lowest BCUT2D eigenvalue weighted by Crippen LogP contribution is -2.27. The largest absolute Gasteiger partial charge is 0.451 e. The van der Waals surface area contributed by atoms with Gasteiger partial charge in [0.2, 0.25) is 5.82 Å². The number of imidazole rings is 1. The van der Waals surface area contributed by atoms with E-state index >= 15 is 0 Å². The predicted molar refractivity (Wildman–Crippen MR) is 87.4 cm³/mol. The first-order valence-corrected chi connectivity index (χ1v) is 7.85. The van der Waals surface area contributed by atoms with Gasteiger partial charge in [0, 0.05) is 24.8 Å². The summed E-state index contributed by atoms with van der Waals surface area (Å²) in [6.07, 6.45) is -2.50. The molecule has 0 bridgehead atoms. The number of alkyl halides is 3. The molecule has 0 unspecified atom stereocenters. The molecule has 130 valence electrons. The first kappa shape index (κ1) is 15.7. The number of nitrogens with zero attached hydrogens (tertiary/aromatic N) is 4. The molecule has 0 saturated carbocycles. The van der Waals surface area contributed by atoms with Crippen molar-refractivity contribution in [1.29, 1.82) is 0 Å². The smallest absolute Gasteiger partial charge is 0.369 e. The zero-order valence-electron chi connectivity index (χ0n) is 13.1. The lowest BCUT2D eigenvalue weighted by Gasteiger charge is -2.19. The van der Waals surface area contributed by atoms with E-state index in [1.165, 1.54) is 6.33 Å². The van der Waals surface area contributed by atoms with Crippen molar-refractivity contribution in [3.05, 3.63) is 42.5 Å². The Morgan fingerprint density at radius 3 is 2.72 bits per heavy atom. The van der Waals surface area contributed by atoms with Crippen LogP contribution in [0.2, 0.25) is 0 Å². The van der Waals surface area contributed by atoms with Crippen molar-refractivity contribution < 1.29 is 13.2 Å². The molecule has 1 saturated heterocycles. The zero-order valence-corrected chi connectivity index (χ0v) is 13.1. The highest BCUT2D eigenvalue weighted by Crippen LogP contribution is 2.30. The fraction of sp³-hybridized carbons (Fsp3) is 0.312. The molecule has 0 spiro atoms. The van der Waals surface area contributed by atoms with Crippen LogP contribution >= 0.6 is 0 Å². The summed E-state index contributed by atoms with van der Waals surface area (Å²) in [4.78, 5) is 16.0. The van der Waals surface area contributed by atoms with E-state index in [1.54, 1.807) is 0 Å². The van der Waals surface area contributed by atoms with Crippen molar-refractivity contribution in [1.82, 2.24) is 19.9 Å². The first-order chi connectivity index (χ1) is 12.0. The fourth-order valence-corrected chi connectivity index (χ4v) is 3.01. The Labute approximate surface area is 141 Å². The second kappa shape index (κ2) is 5.91. The van der Waals surface area contributed by atoms with Gasteiger partial charge in [0.15, 0.2) is 11.5 Å². The number of para-hydroxylation sites is 1. The Hall–Kier alpha value is -2.84. The third-order valence-electron chi connectivity index (χ3n) is 4.19. The van der Waals surface area contributed by atoms with Crippen LogP contribution in [0.25, 0.3) is 11.2 Å². The topological polar surface area (TPSA) is 69.7 Å². The molecule has 1 aliphatic rings. The SMILES string of the molecule is FC(F)(F)c1nc(N[C@H]2CCN(c3ccccc3)C2)c2[nH]cnc2n1. The third-order valence-corrected chi connectivity index (χ3v) is 4.19. The van der Waals surface area contributed by atoms with Gasteiger partial charge >= 0.3 is 6.18 Å². The van der Waals surface area contributed by atoms with Crippen LogP contribution in [0, 0.1) is 0 Å². The predicted octanol–water partition coefficient (Wildman–Crippen LogP) is 3.06. The fourth-order valence-electron chi connectivity index (χ4n) is 3.01. The number of nitrogens with one attached hydrogen (secondary N) is 2. The first-order valence-electron chi connectivity index (χ1n) is 7.85. The Balaban J connectivity index is 1.58. The van der Waals surface area contributed by atoms with Gasteiger partial charge in [-0.1, -0.05) is 18.2 Å². The van der Waals surface area contributed by atoms with E-state index in [-0.39, 0.29) is 17.5 Å². The van der Waals surface area contributed by atoms with E-state index in [0.29, 0.717) is 12.1 Å². The normalized spacial score (nSPS) is 18.0. The molecule has 4 rings (SSSR count). The highest BCUT2D eigenvalue weighted by atomic mass is 19.4. The monoisotopic (exact) mass is 348 g/mol. The molecule has 0 aliphatic carbocycles. The van der Waals surface area contributed by atoms with Crippen molar-refractivity contribution in [3.63, 3.8) is 0 Å². The van der Waals surface area contributed by atoms with Crippen LogP contribution in [0.5, 0.6) is 0 Å². The summed E-state index contributed by atoms with van der Waals surface area (Å²) in [6.45, 7) is 1.51. The molecule has 9 heteroatoms. The summed E-state index contributed by atoms with van der Waals surface area (Å²) in [7, 11) is 0. The van der Waals surface area contributed by atoms with Crippen LogP contribution < -0.4 is 10.2 Å². The average Bonchev–Trinajstić information content (AvgIpc) is 3.24. The van der Waals surface area contributed by atoms with Gasteiger partial charge in [-0.25, -0.2) is 15.0 Å². The van der Waals surface area contributed by atoms with Gasteiger partial charge in [0.1, 0.15) is 5.52 Å². The summed E-state index contributed by atoms with van der Waals surface area (Å²) in [5, 5.41) is 3.12. The minimum atomic E-state index is -4.62. The highest BCUT2D eigenvalue weighted by molar-refractivity contribution is 5.82. The van der Waals surface area contributed by atoms with Gasteiger partial charge in [-0.15, -0.1) is 0 Å². The standard InChI is InChI=1S/C16H15F3N6/c17-16(18,19)15-23-13-12(20-9-21-13)14(24-15)22-10-6-7-25(8-10)11-4-2-1-3-5-11/h1-5,9-10H,6-8H2,(H2,20,21,22,23,24)/t10-/m0/s1. The maximum atomic E-state index is 13.0. The lowest BCUT2D eigenvalue weighted by molar-refractivity contribution is -0.144. The van der Waals surface area contributed by atoms with Crippen LogP contribution in [0.3, 0.4) is 0 Å². The number of anilines is 2. The van der Waals surface area contributed by atoms with Crippen molar-refractivity contribution in [2.24, 2.45) is 0 Å². The van der Waals surface area contributed by atoms with Crippen molar-refractivity contribution in [3.8, 4) is 0 Å². The van der Waals surface area contributed by atoms with Crippen LogP contribution in [0.15, 0.2) is 36.7 Å². The Morgan fingerprint density at radius 1 is 1.16 bits per heavy atom. The van der Waals surface area contributed by atoms with E-state index in [2.05, 4.69) is 30.2 Å². The second-order valence-electron chi connectivity index (χ2n) is 5.91. The number of halogens is 3. The molecule has 0 radical (unpaired) electrons. The van der Waals surface area contributed by atoms with Crippen LogP contribution in [-0.4, -0.2) is 39.1 Å². The molecular formula is C16H15F3N6. The molecule has 25 heavy (non-hydrogen) atoms. The summed E-state index contributed by atoms with van der Waals surface area (Å²) in [5.74, 6) is -1.05. The summed E-state index contributed by atoms with van der Waals surface area (Å²) < 4.78 is 39.0. The van der Waals surface area contributed by atoms with Gasteiger partial charge in [-0.3, -0.25) is 0 Å². The summed E-state index contributed by atoms with van der Waals surface area (Å²) in [6, 6.07) is 9.89. The van der Waals surface area contributed by atoms with Crippen LogP contribution in [0.4, 0.5) is 24.7 Å². The van der Waals surface area contributed by atoms with Crippen LogP contribution in [-0.2, 0) is 6.18 Å². The number of H-pyrrole nitrogens is 1. The zero-order chi connectivity index (χ0) is 17.4. The van der Waals surface area contributed by atoms with Gasteiger partial charge < -0.3 is 15.2 Å². The Morgan fingerprint density at radius 2 is 1.96 bits per heavy atom. The molecule has 2 N–H and O–H groups in total. The average molecular weight is 348 g/mol. The lowest BCUT2D eigenvalue weighted by atomic mass is 10.2. The van der Waals surface area contributed by atoms with Crippen molar-refractivity contribution in [2.75, 3.05) is 23.3 Å². The van der Waals surface area contributed by atoms with E-state index < -0.39 is 12.0 Å². The number of aromatic amines is 1. The molecule has 3 heterocycles. The van der Waals surface area contributed by atoms with E-state index in [0.717, 1.165) is 18.7 Å². The van der Waals surface area contributed by atoms with Crippen molar-refractivity contribution in [2.45, 2.75) is 18.6 Å². The molecule has 6 nitrogen and oxygen atoms in total. The number of hydrogen-bond donors (Lipinski definition) is 2. The number of aromatic nitrogens is 4. The molecule has 0 amide bonds. The molecule has 1 aliphatic heterocycles. The van der Waals surface area contributed by atoms with Gasteiger partial charge in [0.25, 0.3) is 0 Å². The van der Waals surface area contributed by atoms with Gasteiger partial charge in [-0.2, -0.15) is 13.2 Å². The quantitative estimate of drug-likeness (QED) is 0.761. The molecule has 1 aromatic carbocycles. The van der Waals surface area contributed by atoms with E-state index in [9.17, 15) is 13.2 Å². The molecule has 2 aromatic heterocycles. The number of hydrogen-bond acceptors (Lipinski definition) is 5. The molecule has 3 aromatic rings. The summed E-state index contributed by atoms with van der Waals surface area (Å²) >= 11 is 0. The number of benzene rings is 1. The minimum Gasteiger partial charge on any atom is -0.369 e. The number of rotatable bonds is 3. The van der Waals surface area contributed by atoms with Crippen molar-refractivity contribution >= 4 is 22.7 Å². The second-order valence-corrected chi connectivity index (χ2v) is 5.91. The Bertz CT molecular complexity index is 876. The minimum absolute atomic E-state index is 0.00253. The maximum absolute atomic E-state index is 13.0. The molecule has 1 fully saturated rings. The molecule has 1 atom stereocenters. The molecular weight excluding hydrogens is 333 g/mol. The Kier molecular flexibility index (Phi) is 3.70. The van der Waals surface area contributed by atoms with E-state index in [4.69, 9.17) is 0 Å². The van der Waals surface area contributed by atoms with E-state index in [1.807, 2.05) is 30.3 Å². The summed E-state index contributed by atoms with van der Waals surface area (Å²) in [5.41, 5.74) is 1.48. The third kappa shape index (κ3) is 3.09. The van der Waals surface area contributed by atoms with Crippen LogP contribution in [0.1, 0.15) is 12.2 Å².